The van der Waals surface area contributed by atoms with Gasteiger partial charge in [0.05, 0.1) is 0 Å². The van der Waals surface area contributed by atoms with Crippen LogP contribution in [0.15, 0.2) is 0 Å². The molecular formula is C8H20N2O. The fourth-order valence-corrected chi connectivity index (χ4v) is 1.02. The van der Waals surface area contributed by atoms with E-state index in [2.05, 4.69) is 12.2 Å². The van der Waals surface area contributed by atoms with Gasteiger partial charge in [-0.05, 0) is 25.8 Å². The molecule has 0 spiro atoms. The lowest BCUT2D eigenvalue weighted by molar-refractivity contribution is 0.148. The zero-order valence-electron chi connectivity index (χ0n) is 7.51. The van der Waals surface area contributed by atoms with Crippen molar-refractivity contribution in [1.29, 1.82) is 0 Å². The summed E-state index contributed by atoms with van der Waals surface area (Å²) in [4.78, 5) is 0. The third-order valence-corrected chi connectivity index (χ3v) is 1.85. The van der Waals surface area contributed by atoms with Crippen LogP contribution in [0.1, 0.15) is 26.7 Å². The summed E-state index contributed by atoms with van der Waals surface area (Å²) in [5.41, 5.74) is 5.42. The zero-order valence-corrected chi connectivity index (χ0v) is 7.51. The van der Waals surface area contributed by atoms with Crippen LogP contribution < -0.4 is 11.1 Å². The number of hydrogen-bond donors (Lipinski definition) is 3. The number of aliphatic hydroxyl groups excluding tert-OH is 1. The highest BCUT2D eigenvalue weighted by molar-refractivity contribution is 4.61. The van der Waals surface area contributed by atoms with E-state index < -0.39 is 6.23 Å². The maximum atomic E-state index is 8.92. The third kappa shape index (κ3) is 6.28. The fourth-order valence-electron chi connectivity index (χ4n) is 1.02. The predicted octanol–water partition coefficient (Wildman–Crippen LogP) is 0.289. The van der Waals surface area contributed by atoms with Crippen LogP contribution in [0.3, 0.4) is 0 Å². The first-order chi connectivity index (χ1) is 5.20. The SMILES string of the molecule is CCC(CCN)CNC(C)O. The zero-order chi connectivity index (χ0) is 8.69. The minimum atomic E-state index is -0.401. The van der Waals surface area contributed by atoms with Crippen LogP contribution in [0, 0.1) is 5.92 Å². The van der Waals surface area contributed by atoms with E-state index in [4.69, 9.17) is 10.8 Å². The van der Waals surface area contributed by atoms with E-state index in [1.165, 1.54) is 0 Å². The Morgan fingerprint density at radius 3 is 2.55 bits per heavy atom. The van der Waals surface area contributed by atoms with Gasteiger partial charge in [0.1, 0.15) is 6.23 Å². The van der Waals surface area contributed by atoms with E-state index in [-0.39, 0.29) is 0 Å². The normalized spacial score (nSPS) is 16.4. The molecule has 0 bridgehead atoms. The summed E-state index contributed by atoms with van der Waals surface area (Å²) in [5.74, 6) is 0.606. The third-order valence-electron chi connectivity index (χ3n) is 1.85. The molecule has 0 rings (SSSR count). The topological polar surface area (TPSA) is 58.3 Å². The van der Waals surface area contributed by atoms with Crippen LogP contribution in [0.4, 0.5) is 0 Å². The molecule has 0 aliphatic carbocycles. The van der Waals surface area contributed by atoms with Crippen LogP contribution in [-0.2, 0) is 0 Å². The van der Waals surface area contributed by atoms with Gasteiger partial charge in [0.2, 0.25) is 0 Å². The minimum Gasteiger partial charge on any atom is -0.379 e. The van der Waals surface area contributed by atoms with Crippen LogP contribution in [0.2, 0.25) is 0 Å². The Hall–Kier alpha value is -0.120. The summed E-state index contributed by atoms with van der Waals surface area (Å²) in [5, 5.41) is 11.9. The fraction of sp³-hybridized carbons (Fsp3) is 1.00. The molecule has 0 aromatic carbocycles. The molecule has 2 unspecified atom stereocenters. The van der Waals surface area contributed by atoms with Gasteiger partial charge < -0.3 is 10.8 Å². The average Bonchev–Trinajstić information content (AvgIpc) is 1.97. The first-order valence-electron chi connectivity index (χ1n) is 4.32. The highest BCUT2D eigenvalue weighted by atomic mass is 16.3. The highest BCUT2D eigenvalue weighted by Gasteiger charge is 2.05. The maximum Gasteiger partial charge on any atom is 0.102 e. The van der Waals surface area contributed by atoms with Gasteiger partial charge in [0.15, 0.2) is 0 Å². The molecular weight excluding hydrogens is 140 g/mol. The molecule has 68 valence electrons. The van der Waals surface area contributed by atoms with Crippen molar-refractivity contribution in [3.05, 3.63) is 0 Å². The standard InChI is InChI=1S/C8H20N2O/c1-3-8(4-5-9)6-10-7(2)11/h7-8,10-11H,3-6,9H2,1-2H3. The van der Waals surface area contributed by atoms with Crippen molar-refractivity contribution in [2.75, 3.05) is 13.1 Å². The molecule has 0 saturated heterocycles. The monoisotopic (exact) mass is 160 g/mol. The lowest BCUT2D eigenvalue weighted by Crippen LogP contribution is -2.31. The molecule has 0 aromatic heterocycles. The number of nitrogens with two attached hydrogens (primary N) is 1. The van der Waals surface area contributed by atoms with E-state index in [0.717, 1.165) is 25.9 Å². The van der Waals surface area contributed by atoms with E-state index in [0.29, 0.717) is 5.92 Å². The molecule has 4 N–H and O–H groups in total. The van der Waals surface area contributed by atoms with Crippen molar-refractivity contribution in [3.63, 3.8) is 0 Å². The number of nitrogens with one attached hydrogen (secondary N) is 1. The first-order valence-corrected chi connectivity index (χ1v) is 4.32. The largest absolute Gasteiger partial charge is 0.379 e. The summed E-state index contributed by atoms with van der Waals surface area (Å²) < 4.78 is 0. The molecule has 11 heavy (non-hydrogen) atoms. The van der Waals surface area contributed by atoms with E-state index in [9.17, 15) is 0 Å². The molecule has 0 aromatic rings. The van der Waals surface area contributed by atoms with Gasteiger partial charge in [-0.2, -0.15) is 0 Å². The van der Waals surface area contributed by atoms with Crippen molar-refractivity contribution in [3.8, 4) is 0 Å². The van der Waals surface area contributed by atoms with Gasteiger partial charge in [0, 0.05) is 6.54 Å². The van der Waals surface area contributed by atoms with Crippen molar-refractivity contribution < 1.29 is 5.11 Å². The predicted molar refractivity (Wildman–Crippen MR) is 47.1 cm³/mol. The lowest BCUT2D eigenvalue weighted by Gasteiger charge is -2.15. The Balaban J connectivity index is 3.35. The summed E-state index contributed by atoms with van der Waals surface area (Å²) >= 11 is 0. The van der Waals surface area contributed by atoms with Crippen LogP contribution >= 0.6 is 0 Å². The summed E-state index contributed by atoms with van der Waals surface area (Å²) in [6, 6.07) is 0. The molecule has 0 aliphatic rings. The highest BCUT2D eigenvalue weighted by Crippen LogP contribution is 2.04. The second-order valence-electron chi connectivity index (χ2n) is 2.94. The van der Waals surface area contributed by atoms with Crippen molar-refractivity contribution in [1.82, 2.24) is 5.32 Å². The van der Waals surface area contributed by atoms with Crippen LogP contribution in [0.25, 0.3) is 0 Å². The number of aliphatic hydroxyl groups is 1. The number of rotatable bonds is 6. The molecule has 3 heteroatoms. The number of hydrogen-bond acceptors (Lipinski definition) is 3. The molecule has 2 atom stereocenters. The van der Waals surface area contributed by atoms with Crippen LogP contribution in [0.5, 0.6) is 0 Å². The van der Waals surface area contributed by atoms with Gasteiger partial charge in [-0.15, -0.1) is 0 Å². The molecule has 0 radical (unpaired) electrons. The smallest absolute Gasteiger partial charge is 0.102 e. The van der Waals surface area contributed by atoms with E-state index >= 15 is 0 Å². The second kappa shape index (κ2) is 6.58. The first kappa shape index (κ1) is 10.9. The second-order valence-corrected chi connectivity index (χ2v) is 2.94. The summed E-state index contributed by atoms with van der Waals surface area (Å²) in [6.07, 6.45) is 1.76. The summed E-state index contributed by atoms with van der Waals surface area (Å²) in [7, 11) is 0. The molecule has 0 aliphatic heterocycles. The molecule has 0 heterocycles. The quantitative estimate of drug-likeness (QED) is 0.489. The lowest BCUT2D eigenvalue weighted by atomic mass is 10.0. The van der Waals surface area contributed by atoms with E-state index in [1.807, 2.05) is 0 Å². The van der Waals surface area contributed by atoms with Crippen molar-refractivity contribution in [2.24, 2.45) is 11.7 Å². The van der Waals surface area contributed by atoms with Gasteiger partial charge in [-0.3, -0.25) is 5.32 Å². The Morgan fingerprint density at radius 2 is 2.18 bits per heavy atom. The Bertz CT molecular complexity index is 86.2. The molecule has 0 amide bonds. The van der Waals surface area contributed by atoms with Crippen molar-refractivity contribution >= 4 is 0 Å². The van der Waals surface area contributed by atoms with Crippen molar-refractivity contribution in [2.45, 2.75) is 32.9 Å². The Kier molecular flexibility index (Phi) is 6.51. The molecule has 0 saturated carbocycles. The Labute approximate surface area is 69.0 Å². The van der Waals surface area contributed by atoms with Gasteiger partial charge >= 0.3 is 0 Å². The average molecular weight is 160 g/mol. The van der Waals surface area contributed by atoms with Gasteiger partial charge in [0.25, 0.3) is 0 Å². The van der Waals surface area contributed by atoms with Gasteiger partial charge in [-0.25, -0.2) is 0 Å². The minimum absolute atomic E-state index is 0.401. The Morgan fingerprint density at radius 1 is 1.55 bits per heavy atom. The van der Waals surface area contributed by atoms with Crippen LogP contribution in [-0.4, -0.2) is 24.4 Å². The molecule has 3 nitrogen and oxygen atoms in total. The summed E-state index contributed by atoms with van der Waals surface area (Å²) in [6.45, 7) is 5.48. The maximum absolute atomic E-state index is 8.92. The molecule has 0 fully saturated rings. The van der Waals surface area contributed by atoms with Gasteiger partial charge in [-0.1, -0.05) is 13.3 Å². The van der Waals surface area contributed by atoms with E-state index in [1.54, 1.807) is 6.92 Å².